The largest absolute Gasteiger partial charge is 0.509 e. The molecule has 0 N–H and O–H groups in total. The van der Waals surface area contributed by atoms with Crippen LogP contribution in [0.4, 0.5) is 22.7 Å². The molecule has 0 atom stereocenters. The zero-order valence-corrected chi connectivity index (χ0v) is 54.3. The zero-order chi connectivity index (χ0) is 59.3. The number of rotatable bonds is 7. The fraction of sp³-hybridized carbons (Fsp3) is 0.250. The fourth-order valence-corrected chi connectivity index (χ4v) is 14.0. The molecule has 11 aromatic rings. The molecule has 3 heterocycles. The number of aromatic nitrogens is 2. The molecule has 2 aromatic heterocycles. The molecule has 0 saturated heterocycles. The van der Waals surface area contributed by atoms with Crippen LogP contribution < -0.4 is 14.5 Å². The number of hydrogen-bond acceptors (Lipinski definition) is 4. The van der Waals surface area contributed by atoms with Crippen LogP contribution in [0.25, 0.3) is 49.9 Å². The third kappa shape index (κ3) is 8.92. The minimum Gasteiger partial charge on any atom is -0.509 e. The predicted molar refractivity (Wildman–Crippen MR) is 354 cm³/mol. The Kier molecular flexibility index (Phi) is 13.3. The SMILES string of the molecule is CC(C)(C)c1cccc(-c2cccc(-c3cc(C(C)(C)C)cc(C(C)(C)C)c3)c2N2[CH-]N(c3[c-]c(Oc4[c-]c5c6c(c4)C4(c7ccccc7C(C)(C)c7ccccc74)c4cccc(c46)n5-c4cc(C(C)(C)C)ccn4)ccc3)c3ccccc32)c1.[Pt]. The molecule has 2 aliphatic carbocycles. The van der Waals surface area contributed by atoms with Crippen LogP contribution in [0.15, 0.2) is 194 Å². The number of benzene rings is 9. The number of ether oxygens (including phenoxy) is 1. The van der Waals surface area contributed by atoms with Crippen molar-refractivity contribution >= 4 is 44.6 Å². The molecule has 434 valence electrons. The molecular weight excluding hydrogens is 1230 g/mol. The zero-order valence-electron chi connectivity index (χ0n) is 52.1. The summed E-state index contributed by atoms with van der Waals surface area (Å²) in [6.07, 6.45) is 1.95. The quantitative estimate of drug-likeness (QED) is 0.149. The van der Waals surface area contributed by atoms with Crippen molar-refractivity contribution in [2.75, 3.05) is 9.80 Å². The van der Waals surface area contributed by atoms with E-state index in [1.54, 1.807) is 0 Å². The van der Waals surface area contributed by atoms with Crippen LogP contribution >= 0.6 is 0 Å². The molecule has 9 aromatic carbocycles. The van der Waals surface area contributed by atoms with Crippen molar-refractivity contribution in [1.29, 1.82) is 0 Å². The number of anilines is 4. The van der Waals surface area contributed by atoms with Crippen LogP contribution in [0, 0.1) is 18.8 Å². The molecule has 6 heteroatoms. The second kappa shape index (κ2) is 20.0. The first-order valence-corrected chi connectivity index (χ1v) is 30.3. The maximum Gasteiger partial charge on any atom is 0.135 e. The molecule has 3 aliphatic rings. The fourth-order valence-electron chi connectivity index (χ4n) is 14.0. The molecule has 0 radical (unpaired) electrons. The molecule has 14 rings (SSSR count). The maximum absolute atomic E-state index is 7.30. The standard InChI is InChI=1S/C80H75N4O.Pt/c1-75(2,3)52-26-21-25-50(41-52)59-29-23-30-60(51-42-54(77(7,8)9)44-55(43-51)78(10,11)12)74(59)83-49-82(67-36-19-20-37-68(67)83)56-27-22-28-57(46-56)85-58-47-66-73-70(48-58)84(71-45-53(39-40-81-71)76(4,5)6)69-38-24-35-65(72(69)73)80(66)63-33-17-15-31-61(63)79(13,14)62-32-16-18-34-64(62)80;/h15-45,47,49H,1-14H3;/q-3;. The number of fused-ring (bicyclic) bond motifs is 7. The number of para-hydroxylation sites is 3. The minimum atomic E-state index is -0.632. The summed E-state index contributed by atoms with van der Waals surface area (Å²) < 4.78 is 9.62. The normalized spacial score (nSPS) is 14.9. The summed E-state index contributed by atoms with van der Waals surface area (Å²) in [4.78, 5) is 9.80. The van der Waals surface area contributed by atoms with E-state index < -0.39 is 5.41 Å². The van der Waals surface area contributed by atoms with E-state index in [4.69, 9.17) is 9.72 Å². The van der Waals surface area contributed by atoms with Gasteiger partial charge in [0.15, 0.2) is 0 Å². The third-order valence-electron chi connectivity index (χ3n) is 18.6. The summed E-state index contributed by atoms with van der Waals surface area (Å²) in [5.41, 5.74) is 22.5. The van der Waals surface area contributed by atoms with Gasteiger partial charge in [0.2, 0.25) is 0 Å². The first kappa shape index (κ1) is 57.1. The summed E-state index contributed by atoms with van der Waals surface area (Å²) >= 11 is 0. The van der Waals surface area contributed by atoms with Gasteiger partial charge in [-0.25, -0.2) is 4.98 Å². The molecular formula is C80H75N4OPt-3. The molecule has 0 amide bonds. The van der Waals surface area contributed by atoms with Crippen molar-refractivity contribution in [1.82, 2.24) is 9.55 Å². The van der Waals surface area contributed by atoms with E-state index in [9.17, 15) is 0 Å². The van der Waals surface area contributed by atoms with Crippen molar-refractivity contribution in [3.63, 3.8) is 0 Å². The molecule has 86 heavy (non-hydrogen) atoms. The van der Waals surface area contributed by atoms with Gasteiger partial charge in [0, 0.05) is 83.3 Å². The maximum atomic E-state index is 7.30. The van der Waals surface area contributed by atoms with Gasteiger partial charge in [-0.2, -0.15) is 6.07 Å². The molecule has 5 nitrogen and oxygen atoms in total. The molecule has 0 bridgehead atoms. The molecule has 0 unspecified atom stereocenters. The van der Waals surface area contributed by atoms with E-state index in [0.717, 1.165) is 50.7 Å². The van der Waals surface area contributed by atoms with Crippen molar-refractivity contribution in [2.45, 2.75) is 129 Å². The van der Waals surface area contributed by atoms with Crippen LogP contribution in [0.1, 0.15) is 153 Å². The average Bonchev–Trinajstić information content (AvgIpc) is 1.52. The Morgan fingerprint density at radius 3 is 1.62 bits per heavy atom. The smallest absolute Gasteiger partial charge is 0.135 e. The Labute approximate surface area is 524 Å². The van der Waals surface area contributed by atoms with Crippen LogP contribution in [0.2, 0.25) is 0 Å². The summed E-state index contributed by atoms with van der Waals surface area (Å²) in [6, 6.07) is 77.7. The molecule has 0 saturated carbocycles. The van der Waals surface area contributed by atoms with Gasteiger partial charge in [-0.05, 0) is 119 Å². The van der Waals surface area contributed by atoms with Crippen molar-refractivity contribution < 1.29 is 25.8 Å². The van der Waals surface area contributed by atoms with Crippen LogP contribution in [-0.4, -0.2) is 9.55 Å². The summed E-state index contributed by atoms with van der Waals surface area (Å²) in [5.74, 6) is 2.06. The summed E-state index contributed by atoms with van der Waals surface area (Å²) in [6.45, 7) is 34.6. The van der Waals surface area contributed by atoms with E-state index in [0.29, 0.717) is 11.5 Å². The molecule has 1 aliphatic heterocycles. The second-order valence-electron chi connectivity index (χ2n) is 28.6. The van der Waals surface area contributed by atoms with Crippen molar-refractivity contribution in [3.8, 4) is 39.6 Å². The van der Waals surface area contributed by atoms with Gasteiger partial charge in [0.1, 0.15) is 5.82 Å². The van der Waals surface area contributed by atoms with Gasteiger partial charge in [-0.15, -0.1) is 48.3 Å². The average molecular weight is 1300 g/mol. The first-order valence-electron chi connectivity index (χ1n) is 30.3. The van der Waals surface area contributed by atoms with E-state index >= 15 is 0 Å². The summed E-state index contributed by atoms with van der Waals surface area (Å²) in [5, 5.41) is 2.41. The van der Waals surface area contributed by atoms with Crippen LogP contribution in [0.3, 0.4) is 0 Å². The van der Waals surface area contributed by atoms with Gasteiger partial charge in [0.25, 0.3) is 0 Å². The van der Waals surface area contributed by atoms with Gasteiger partial charge >= 0.3 is 0 Å². The Bertz CT molecular complexity index is 4450. The van der Waals surface area contributed by atoms with Gasteiger partial charge in [-0.1, -0.05) is 241 Å². The van der Waals surface area contributed by atoms with Crippen molar-refractivity contribution in [3.05, 3.63) is 269 Å². The Morgan fingerprint density at radius 1 is 0.442 bits per heavy atom. The monoisotopic (exact) mass is 1300 g/mol. The topological polar surface area (TPSA) is 33.5 Å². The number of nitrogens with zero attached hydrogens (tertiary/aromatic N) is 4. The second-order valence-corrected chi connectivity index (χ2v) is 28.6. The minimum absolute atomic E-state index is 0. The van der Waals surface area contributed by atoms with E-state index in [1.807, 2.05) is 12.3 Å². The van der Waals surface area contributed by atoms with E-state index in [1.165, 1.54) is 77.5 Å². The first-order chi connectivity index (χ1) is 40.4. The van der Waals surface area contributed by atoms with Gasteiger partial charge < -0.3 is 19.1 Å². The third-order valence-corrected chi connectivity index (χ3v) is 18.6. The number of pyridine rings is 1. The van der Waals surface area contributed by atoms with Crippen LogP contribution in [0.5, 0.6) is 11.5 Å². The summed E-state index contributed by atoms with van der Waals surface area (Å²) in [7, 11) is 0. The van der Waals surface area contributed by atoms with E-state index in [2.05, 4.69) is 312 Å². The predicted octanol–water partition coefficient (Wildman–Crippen LogP) is 20.8. The van der Waals surface area contributed by atoms with Crippen LogP contribution in [-0.2, 0) is 53.6 Å². The Hall–Kier alpha value is -7.98. The molecule has 0 fully saturated rings. The van der Waals surface area contributed by atoms with E-state index in [-0.39, 0.29) is 48.1 Å². The number of hydrogen-bond donors (Lipinski definition) is 0. The van der Waals surface area contributed by atoms with Gasteiger partial charge in [0.05, 0.1) is 0 Å². The Balaban J connectivity index is 0.00000686. The van der Waals surface area contributed by atoms with Gasteiger partial charge in [-0.3, -0.25) is 0 Å². The molecule has 1 spiro atoms. The Morgan fingerprint density at radius 2 is 0.977 bits per heavy atom. The van der Waals surface area contributed by atoms with Crippen molar-refractivity contribution in [2.24, 2.45) is 0 Å².